The molecule has 1 amide bonds. The van der Waals surface area contributed by atoms with Gasteiger partial charge in [-0.15, -0.1) is 0 Å². The van der Waals surface area contributed by atoms with Crippen LogP contribution in [0.4, 0.5) is 11.4 Å². The molecule has 0 aliphatic carbocycles. The Morgan fingerprint density at radius 1 is 0.879 bits per heavy atom. The second-order valence-electron chi connectivity index (χ2n) is 7.95. The van der Waals surface area contributed by atoms with Gasteiger partial charge in [-0.1, -0.05) is 30.3 Å². The molecule has 1 aliphatic rings. The van der Waals surface area contributed by atoms with Crippen molar-refractivity contribution in [3.63, 3.8) is 0 Å². The highest BCUT2D eigenvalue weighted by Crippen LogP contribution is 2.21. The predicted molar refractivity (Wildman–Crippen MR) is 130 cm³/mol. The highest BCUT2D eigenvalue weighted by atomic mass is 32.2. The molecular weight excluding hydrogens is 438 g/mol. The minimum atomic E-state index is -3.15. The molecule has 0 aromatic heterocycles. The summed E-state index contributed by atoms with van der Waals surface area (Å²) in [7, 11) is -3.15. The largest absolute Gasteiger partial charge is 0.489 e. The minimum absolute atomic E-state index is 0.195. The third-order valence-electron chi connectivity index (χ3n) is 5.56. The number of nitrogens with one attached hydrogen (secondary N) is 1. The van der Waals surface area contributed by atoms with Gasteiger partial charge in [0, 0.05) is 43.1 Å². The monoisotopic (exact) mass is 465 g/mol. The maximum atomic E-state index is 12.6. The fourth-order valence-corrected chi connectivity index (χ4v) is 4.51. The third-order valence-corrected chi connectivity index (χ3v) is 6.87. The molecular formula is C25H27N3O4S. The van der Waals surface area contributed by atoms with Crippen LogP contribution in [-0.2, 0) is 16.6 Å². The van der Waals surface area contributed by atoms with Crippen LogP contribution in [0.3, 0.4) is 0 Å². The molecule has 0 unspecified atom stereocenters. The number of anilines is 2. The van der Waals surface area contributed by atoms with Crippen LogP contribution in [0.1, 0.15) is 15.9 Å². The molecule has 1 heterocycles. The second kappa shape index (κ2) is 10.1. The van der Waals surface area contributed by atoms with E-state index in [-0.39, 0.29) is 5.91 Å². The molecule has 0 bridgehead atoms. The van der Waals surface area contributed by atoms with Crippen molar-refractivity contribution in [2.75, 3.05) is 42.7 Å². The van der Waals surface area contributed by atoms with E-state index in [1.807, 2.05) is 54.6 Å². The zero-order chi connectivity index (χ0) is 23.3. The van der Waals surface area contributed by atoms with Gasteiger partial charge < -0.3 is 15.0 Å². The van der Waals surface area contributed by atoms with E-state index in [4.69, 9.17) is 4.74 Å². The van der Waals surface area contributed by atoms with Crippen LogP contribution >= 0.6 is 0 Å². The number of benzene rings is 3. The molecule has 1 fully saturated rings. The number of ether oxygens (including phenoxy) is 1. The van der Waals surface area contributed by atoms with Gasteiger partial charge in [0.2, 0.25) is 10.0 Å². The molecule has 3 aromatic carbocycles. The Morgan fingerprint density at radius 2 is 1.52 bits per heavy atom. The second-order valence-corrected chi connectivity index (χ2v) is 9.93. The highest BCUT2D eigenvalue weighted by molar-refractivity contribution is 7.88. The van der Waals surface area contributed by atoms with E-state index in [0.29, 0.717) is 49.8 Å². The molecule has 1 aliphatic heterocycles. The number of rotatable bonds is 7. The highest BCUT2D eigenvalue weighted by Gasteiger charge is 2.23. The number of sulfonamides is 1. The Morgan fingerprint density at radius 3 is 2.12 bits per heavy atom. The van der Waals surface area contributed by atoms with Crippen molar-refractivity contribution in [2.24, 2.45) is 0 Å². The lowest BCUT2D eigenvalue weighted by Gasteiger charge is -2.34. The quantitative estimate of drug-likeness (QED) is 0.577. The summed E-state index contributed by atoms with van der Waals surface area (Å²) < 4.78 is 30.6. The molecule has 4 rings (SSSR count). The van der Waals surface area contributed by atoms with Crippen LogP contribution in [0.15, 0.2) is 78.9 Å². The average molecular weight is 466 g/mol. The van der Waals surface area contributed by atoms with Crippen LogP contribution < -0.4 is 15.0 Å². The van der Waals surface area contributed by atoms with E-state index in [9.17, 15) is 13.2 Å². The molecule has 33 heavy (non-hydrogen) atoms. The smallest absolute Gasteiger partial charge is 0.255 e. The first kappa shape index (κ1) is 22.8. The summed E-state index contributed by atoms with van der Waals surface area (Å²) >= 11 is 0. The molecule has 172 valence electrons. The van der Waals surface area contributed by atoms with Crippen molar-refractivity contribution in [1.29, 1.82) is 0 Å². The molecule has 1 saturated heterocycles. The van der Waals surface area contributed by atoms with Crippen molar-refractivity contribution in [1.82, 2.24) is 4.31 Å². The Balaban J connectivity index is 1.29. The Hall–Kier alpha value is -3.36. The summed E-state index contributed by atoms with van der Waals surface area (Å²) in [5.41, 5.74) is 3.33. The summed E-state index contributed by atoms with van der Waals surface area (Å²) in [5.74, 6) is 0.509. The SMILES string of the molecule is CS(=O)(=O)N1CCN(c2ccc(NC(=O)c3ccc(OCc4ccccc4)cc3)cc2)CC1. The number of carbonyl (C=O) groups excluding carboxylic acids is 1. The molecule has 7 nitrogen and oxygen atoms in total. The van der Waals surface area contributed by atoms with Crippen LogP contribution in [0.2, 0.25) is 0 Å². The van der Waals surface area contributed by atoms with Crippen LogP contribution in [0, 0.1) is 0 Å². The average Bonchev–Trinajstić information content (AvgIpc) is 2.84. The van der Waals surface area contributed by atoms with Gasteiger partial charge in [0.15, 0.2) is 0 Å². The molecule has 1 N–H and O–H groups in total. The lowest BCUT2D eigenvalue weighted by Crippen LogP contribution is -2.48. The summed E-state index contributed by atoms with van der Waals surface area (Å²) in [5, 5.41) is 2.91. The first-order valence-corrected chi connectivity index (χ1v) is 12.6. The molecule has 0 radical (unpaired) electrons. The lowest BCUT2D eigenvalue weighted by molar-refractivity contribution is 0.102. The van der Waals surface area contributed by atoms with Crippen LogP contribution in [0.25, 0.3) is 0 Å². The number of carbonyl (C=O) groups is 1. The minimum Gasteiger partial charge on any atom is -0.489 e. The van der Waals surface area contributed by atoms with Crippen LogP contribution in [-0.4, -0.2) is 51.1 Å². The zero-order valence-corrected chi connectivity index (χ0v) is 19.3. The maximum Gasteiger partial charge on any atom is 0.255 e. The number of nitrogens with zero attached hydrogens (tertiary/aromatic N) is 2. The summed E-state index contributed by atoms with van der Waals surface area (Å²) in [6.07, 6.45) is 1.24. The van der Waals surface area contributed by atoms with Crippen molar-refractivity contribution < 1.29 is 17.9 Å². The summed E-state index contributed by atoms with van der Waals surface area (Å²) in [6, 6.07) is 24.6. The Kier molecular flexibility index (Phi) is 6.96. The van der Waals surface area contributed by atoms with Gasteiger partial charge in [-0.2, -0.15) is 4.31 Å². The van der Waals surface area contributed by atoms with E-state index >= 15 is 0 Å². The molecule has 0 saturated carbocycles. The van der Waals surface area contributed by atoms with Gasteiger partial charge in [-0.25, -0.2) is 8.42 Å². The van der Waals surface area contributed by atoms with E-state index in [2.05, 4.69) is 10.2 Å². The molecule has 3 aromatic rings. The topological polar surface area (TPSA) is 79.0 Å². The Labute approximate surface area is 194 Å². The van der Waals surface area contributed by atoms with Crippen molar-refractivity contribution in [2.45, 2.75) is 6.61 Å². The normalized spacial score (nSPS) is 14.6. The van der Waals surface area contributed by atoms with E-state index in [1.54, 1.807) is 24.3 Å². The standard InChI is InChI=1S/C25H27N3O4S/c1-33(30,31)28-17-15-27(16-18-28)23-11-9-22(10-12-23)26-25(29)21-7-13-24(14-8-21)32-19-20-5-3-2-4-6-20/h2-14H,15-19H2,1H3,(H,26,29). The summed E-state index contributed by atoms with van der Waals surface area (Å²) in [4.78, 5) is 14.7. The number of amides is 1. The molecule has 8 heteroatoms. The van der Waals surface area contributed by atoms with E-state index < -0.39 is 10.0 Å². The number of piperazine rings is 1. The van der Waals surface area contributed by atoms with Crippen LogP contribution in [0.5, 0.6) is 5.75 Å². The molecule has 0 atom stereocenters. The van der Waals surface area contributed by atoms with Crippen molar-refractivity contribution >= 4 is 27.3 Å². The summed E-state index contributed by atoms with van der Waals surface area (Å²) in [6.45, 7) is 2.70. The Bertz CT molecular complexity index is 1170. The fourth-order valence-electron chi connectivity index (χ4n) is 3.68. The van der Waals surface area contributed by atoms with E-state index in [0.717, 1.165) is 11.3 Å². The van der Waals surface area contributed by atoms with Gasteiger partial charge in [0.25, 0.3) is 5.91 Å². The number of hydrogen-bond donors (Lipinski definition) is 1. The fraction of sp³-hybridized carbons (Fsp3) is 0.240. The van der Waals surface area contributed by atoms with Gasteiger partial charge in [0.05, 0.1) is 6.26 Å². The third kappa shape index (κ3) is 6.12. The van der Waals surface area contributed by atoms with Crippen molar-refractivity contribution in [3.05, 3.63) is 90.0 Å². The van der Waals surface area contributed by atoms with E-state index in [1.165, 1.54) is 10.6 Å². The van der Waals surface area contributed by atoms with Gasteiger partial charge in [-0.05, 0) is 54.1 Å². The number of hydrogen-bond acceptors (Lipinski definition) is 5. The van der Waals surface area contributed by atoms with Gasteiger partial charge >= 0.3 is 0 Å². The van der Waals surface area contributed by atoms with Crippen molar-refractivity contribution in [3.8, 4) is 5.75 Å². The molecule has 0 spiro atoms. The van der Waals surface area contributed by atoms with Gasteiger partial charge in [0.1, 0.15) is 12.4 Å². The first-order valence-electron chi connectivity index (χ1n) is 10.8. The maximum absolute atomic E-state index is 12.6. The first-order chi connectivity index (χ1) is 15.9. The van der Waals surface area contributed by atoms with Gasteiger partial charge in [-0.3, -0.25) is 4.79 Å². The predicted octanol–water partition coefficient (Wildman–Crippen LogP) is 3.60. The zero-order valence-electron chi connectivity index (χ0n) is 18.5. The lowest BCUT2D eigenvalue weighted by atomic mass is 10.2.